The Morgan fingerprint density at radius 3 is 2.65 bits per heavy atom. The van der Waals surface area contributed by atoms with E-state index in [2.05, 4.69) is 12.1 Å². The maximum Gasteiger partial charge on any atom is 0.411 e. The van der Waals surface area contributed by atoms with Crippen molar-refractivity contribution in [3.8, 4) is 0 Å². The van der Waals surface area contributed by atoms with E-state index < -0.39 is 23.7 Å². The minimum Gasteiger partial charge on any atom is -0.480 e. The summed E-state index contributed by atoms with van der Waals surface area (Å²) in [4.78, 5) is 29.5. The van der Waals surface area contributed by atoms with Crippen LogP contribution in [0, 0.1) is 0 Å². The van der Waals surface area contributed by atoms with Crippen molar-refractivity contribution in [3.63, 3.8) is 0 Å². The second-order valence-corrected chi connectivity index (χ2v) is 5.64. The Labute approximate surface area is 118 Å². The third-order valence-electron chi connectivity index (χ3n) is 2.67. The third kappa shape index (κ3) is 4.82. The fourth-order valence-corrected chi connectivity index (χ4v) is 1.90. The van der Waals surface area contributed by atoms with Crippen molar-refractivity contribution >= 4 is 12.1 Å². The molecule has 0 aliphatic carbocycles. The van der Waals surface area contributed by atoms with E-state index in [1.165, 1.54) is 4.90 Å². The van der Waals surface area contributed by atoms with Gasteiger partial charge in [0.05, 0.1) is 12.6 Å². The minimum atomic E-state index is -1.05. The zero-order valence-corrected chi connectivity index (χ0v) is 12.1. The Kier molecular flexibility index (Phi) is 5.52. The summed E-state index contributed by atoms with van der Waals surface area (Å²) in [5, 5.41) is 9.19. The number of ether oxygens (including phenoxy) is 1. The first-order chi connectivity index (χ1) is 9.24. The van der Waals surface area contributed by atoms with Crippen LogP contribution in [0.4, 0.5) is 4.79 Å². The number of hydrogen-bond donors (Lipinski definition) is 2. The fraction of sp³-hybridized carbons (Fsp3) is 0.692. The number of nitrogens with zero attached hydrogens (tertiary/aromatic N) is 1. The highest BCUT2D eigenvalue weighted by Gasteiger charge is 2.41. The van der Waals surface area contributed by atoms with Crippen LogP contribution in [-0.4, -0.2) is 52.9 Å². The first kappa shape index (κ1) is 16.5. The van der Waals surface area contributed by atoms with Crippen LogP contribution >= 0.6 is 0 Å². The van der Waals surface area contributed by atoms with Gasteiger partial charge >= 0.3 is 12.1 Å². The maximum absolute atomic E-state index is 12.0. The highest BCUT2D eigenvalue weighted by Crippen LogP contribution is 2.21. The van der Waals surface area contributed by atoms with Gasteiger partial charge in [-0.15, -0.1) is 6.58 Å². The summed E-state index contributed by atoms with van der Waals surface area (Å²) in [5.74, 6) is -1.05. The number of likely N-dealkylation sites (tertiary alicyclic amines) is 1. The smallest absolute Gasteiger partial charge is 0.411 e. The van der Waals surface area contributed by atoms with E-state index in [0.29, 0.717) is 6.61 Å². The van der Waals surface area contributed by atoms with Gasteiger partial charge < -0.3 is 9.84 Å². The van der Waals surface area contributed by atoms with Gasteiger partial charge in [-0.05, 0) is 27.2 Å². The lowest BCUT2D eigenvalue weighted by Crippen LogP contribution is -2.43. The van der Waals surface area contributed by atoms with Gasteiger partial charge in [0.15, 0.2) is 0 Å². The lowest BCUT2D eigenvalue weighted by Gasteiger charge is -2.26. The molecule has 1 amide bonds. The molecule has 0 radical (unpaired) electrons. The zero-order valence-electron chi connectivity index (χ0n) is 12.1. The van der Waals surface area contributed by atoms with E-state index in [-0.39, 0.29) is 19.0 Å². The van der Waals surface area contributed by atoms with Gasteiger partial charge in [-0.1, -0.05) is 6.08 Å². The van der Waals surface area contributed by atoms with Crippen molar-refractivity contribution in [2.24, 2.45) is 0 Å². The SMILES string of the molecule is C=CCON[C@H]1C[C@H](C(=O)O)N(C(=O)OC(C)(C)C)C1. The number of nitrogens with one attached hydrogen (secondary N) is 1. The topological polar surface area (TPSA) is 88.1 Å². The molecule has 1 aliphatic rings. The molecule has 2 N–H and O–H groups in total. The number of carbonyl (C=O) groups is 2. The number of carbonyl (C=O) groups excluding carboxylic acids is 1. The molecule has 0 bridgehead atoms. The lowest BCUT2D eigenvalue weighted by atomic mass is 10.2. The average Bonchev–Trinajstić information content (AvgIpc) is 2.71. The molecule has 2 atom stereocenters. The van der Waals surface area contributed by atoms with Crippen molar-refractivity contribution in [2.75, 3.05) is 13.2 Å². The molecular weight excluding hydrogens is 264 g/mol. The molecule has 1 fully saturated rings. The van der Waals surface area contributed by atoms with Crippen LogP contribution in [0.15, 0.2) is 12.7 Å². The first-order valence-corrected chi connectivity index (χ1v) is 6.45. The summed E-state index contributed by atoms with van der Waals surface area (Å²) in [6, 6.07) is -1.15. The molecular formula is C13H22N2O5. The molecule has 1 saturated heterocycles. The molecule has 0 aromatic heterocycles. The van der Waals surface area contributed by atoms with Crippen LogP contribution in [0.2, 0.25) is 0 Å². The molecule has 0 aromatic rings. The van der Waals surface area contributed by atoms with Crippen molar-refractivity contribution in [2.45, 2.75) is 44.9 Å². The highest BCUT2D eigenvalue weighted by atomic mass is 16.6. The molecule has 1 aliphatic heterocycles. The summed E-state index contributed by atoms with van der Waals surface area (Å²) in [6.45, 7) is 9.25. The normalized spacial score (nSPS) is 22.6. The van der Waals surface area contributed by atoms with Crippen LogP contribution in [0.25, 0.3) is 0 Å². The maximum atomic E-state index is 12.0. The minimum absolute atomic E-state index is 0.225. The van der Waals surface area contributed by atoms with Crippen LogP contribution in [0.1, 0.15) is 27.2 Å². The molecule has 0 unspecified atom stereocenters. The van der Waals surface area contributed by atoms with E-state index in [9.17, 15) is 14.7 Å². The van der Waals surface area contributed by atoms with Crippen LogP contribution in [0.3, 0.4) is 0 Å². The summed E-state index contributed by atoms with van der Waals surface area (Å²) < 4.78 is 5.21. The number of hydroxylamine groups is 1. The number of carboxylic acids is 1. The van der Waals surface area contributed by atoms with Gasteiger partial charge in [-0.25, -0.2) is 9.59 Å². The summed E-state index contributed by atoms with van der Waals surface area (Å²) in [6.07, 6.45) is 1.21. The number of carboxylic acid groups (broad SMARTS) is 1. The van der Waals surface area contributed by atoms with Gasteiger partial charge in [0, 0.05) is 6.54 Å². The second-order valence-electron chi connectivity index (χ2n) is 5.64. The standard InChI is InChI=1S/C13H22N2O5/c1-5-6-19-14-9-7-10(11(16)17)15(8-9)12(18)20-13(2,3)4/h5,9-10,14H,1,6-8H2,2-4H3,(H,16,17)/t9-,10+/m0/s1. The zero-order chi connectivity index (χ0) is 15.3. The molecule has 114 valence electrons. The fourth-order valence-electron chi connectivity index (χ4n) is 1.90. The van der Waals surface area contributed by atoms with Gasteiger partial charge in [0.1, 0.15) is 11.6 Å². The van der Waals surface area contributed by atoms with Crippen LogP contribution in [-0.2, 0) is 14.4 Å². The first-order valence-electron chi connectivity index (χ1n) is 6.45. The predicted molar refractivity (Wildman–Crippen MR) is 72.1 cm³/mol. The molecule has 20 heavy (non-hydrogen) atoms. The van der Waals surface area contributed by atoms with E-state index in [0.717, 1.165) is 0 Å². The highest BCUT2D eigenvalue weighted by molar-refractivity contribution is 5.81. The second kappa shape index (κ2) is 6.71. The molecule has 1 heterocycles. The van der Waals surface area contributed by atoms with Crippen molar-refractivity contribution < 1.29 is 24.3 Å². The average molecular weight is 286 g/mol. The molecule has 0 spiro atoms. The molecule has 0 saturated carbocycles. The molecule has 1 rings (SSSR count). The predicted octanol–water partition coefficient (Wildman–Crippen LogP) is 1.16. The number of hydrogen-bond acceptors (Lipinski definition) is 5. The Balaban J connectivity index is 2.65. The van der Waals surface area contributed by atoms with Gasteiger partial charge in [0.25, 0.3) is 0 Å². The Bertz CT molecular complexity index is 377. The number of aliphatic carboxylic acids is 1. The lowest BCUT2D eigenvalue weighted by molar-refractivity contribution is -0.142. The van der Waals surface area contributed by atoms with Gasteiger partial charge in [-0.3, -0.25) is 9.74 Å². The van der Waals surface area contributed by atoms with E-state index in [1.54, 1.807) is 26.8 Å². The number of rotatable bonds is 5. The Morgan fingerprint density at radius 1 is 1.50 bits per heavy atom. The molecule has 7 heteroatoms. The van der Waals surface area contributed by atoms with Gasteiger partial charge in [-0.2, -0.15) is 5.48 Å². The Hall–Kier alpha value is -1.60. The summed E-state index contributed by atoms with van der Waals surface area (Å²) in [5.41, 5.74) is 2.07. The van der Waals surface area contributed by atoms with Crippen molar-refractivity contribution in [3.05, 3.63) is 12.7 Å². The van der Waals surface area contributed by atoms with Crippen molar-refractivity contribution in [1.29, 1.82) is 0 Å². The molecule has 0 aromatic carbocycles. The summed E-state index contributed by atoms with van der Waals surface area (Å²) in [7, 11) is 0. The van der Waals surface area contributed by atoms with E-state index >= 15 is 0 Å². The third-order valence-corrected chi connectivity index (χ3v) is 2.67. The van der Waals surface area contributed by atoms with Crippen LogP contribution in [0.5, 0.6) is 0 Å². The van der Waals surface area contributed by atoms with Gasteiger partial charge in [0.2, 0.25) is 0 Å². The number of amides is 1. The van der Waals surface area contributed by atoms with E-state index in [1.807, 2.05) is 0 Å². The Morgan fingerprint density at radius 2 is 2.15 bits per heavy atom. The monoisotopic (exact) mass is 286 g/mol. The largest absolute Gasteiger partial charge is 0.480 e. The van der Waals surface area contributed by atoms with E-state index in [4.69, 9.17) is 9.57 Å². The van der Waals surface area contributed by atoms with Crippen LogP contribution < -0.4 is 5.48 Å². The summed E-state index contributed by atoms with van der Waals surface area (Å²) >= 11 is 0. The molecule has 7 nitrogen and oxygen atoms in total. The van der Waals surface area contributed by atoms with Crippen molar-refractivity contribution in [1.82, 2.24) is 10.4 Å². The quantitative estimate of drug-likeness (QED) is 0.448.